The first-order valence-corrected chi connectivity index (χ1v) is 5.34. The van der Waals surface area contributed by atoms with Crippen LogP contribution in [0.2, 0.25) is 0 Å². The summed E-state index contributed by atoms with van der Waals surface area (Å²) in [6.07, 6.45) is 2.55. The van der Waals surface area contributed by atoms with Crippen molar-refractivity contribution in [2.45, 2.75) is 24.9 Å². The van der Waals surface area contributed by atoms with Crippen LogP contribution in [0.1, 0.15) is 19.3 Å². The Kier molecular flexibility index (Phi) is 2.79. The van der Waals surface area contributed by atoms with E-state index in [4.69, 9.17) is 4.74 Å². The van der Waals surface area contributed by atoms with Gasteiger partial charge in [0, 0.05) is 25.0 Å². The van der Waals surface area contributed by atoms with Gasteiger partial charge in [-0.25, -0.2) is 0 Å². The van der Waals surface area contributed by atoms with Gasteiger partial charge in [-0.15, -0.1) is 0 Å². The lowest BCUT2D eigenvalue weighted by Gasteiger charge is -2.46. The molecule has 2 fully saturated rings. The molecule has 0 spiro atoms. The highest BCUT2D eigenvalue weighted by Crippen LogP contribution is 2.42. The molecule has 2 aliphatic rings. The Morgan fingerprint density at radius 2 is 2.21 bits per heavy atom. The van der Waals surface area contributed by atoms with Gasteiger partial charge in [0.2, 0.25) is 0 Å². The van der Waals surface area contributed by atoms with Crippen LogP contribution in [0.15, 0.2) is 0 Å². The van der Waals surface area contributed by atoms with E-state index in [1.54, 1.807) is 0 Å². The summed E-state index contributed by atoms with van der Waals surface area (Å²) in [5.41, 5.74) is -1.21. The highest BCUT2D eigenvalue weighted by molar-refractivity contribution is 5.03. The number of hydrogen-bond donors (Lipinski definition) is 3. The molecule has 2 saturated heterocycles. The zero-order chi connectivity index (χ0) is 10.1. The minimum absolute atomic E-state index is 0.0415. The van der Waals surface area contributed by atoms with Gasteiger partial charge in [0.05, 0.1) is 18.8 Å². The van der Waals surface area contributed by atoms with E-state index in [0.29, 0.717) is 26.2 Å². The molecule has 0 aromatic heterocycles. The van der Waals surface area contributed by atoms with Crippen molar-refractivity contribution in [1.29, 1.82) is 0 Å². The Morgan fingerprint density at radius 1 is 1.36 bits per heavy atom. The molecule has 0 aromatic carbocycles. The van der Waals surface area contributed by atoms with Crippen molar-refractivity contribution in [2.75, 3.05) is 32.9 Å². The monoisotopic (exact) mass is 201 g/mol. The lowest BCUT2D eigenvalue weighted by Crippen LogP contribution is -2.58. The van der Waals surface area contributed by atoms with Crippen LogP contribution >= 0.6 is 0 Å². The molecule has 0 aliphatic carbocycles. The van der Waals surface area contributed by atoms with Crippen LogP contribution in [0.25, 0.3) is 0 Å². The highest BCUT2D eigenvalue weighted by Gasteiger charge is 2.52. The van der Waals surface area contributed by atoms with Gasteiger partial charge in [-0.05, 0) is 19.4 Å². The van der Waals surface area contributed by atoms with Gasteiger partial charge >= 0.3 is 0 Å². The Hall–Kier alpha value is -0.160. The fourth-order valence-electron chi connectivity index (χ4n) is 2.62. The lowest BCUT2D eigenvalue weighted by atomic mass is 9.67. The minimum Gasteiger partial charge on any atom is -0.396 e. The van der Waals surface area contributed by atoms with Crippen molar-refractivity contribution in [1.82, 2.24) is 5.32 Å². The third kappa shape index (κ3) is 1.46. The van der Waals surface area contributed by atoms with E-state index in [2.05, 4.69) is 5.32 Å². The molecule has 4 heteroatoms. The fraction of sp³-hybridized carbons (Fsp3) is 1.00. The molecule has 2 atom stereocenters. The standard InChI is InChI=1S/C10H19NO3/c12-7-9(2-1-4-11-6-9)10(13)3-5-14-8-10/h11-13H,1-8H2. The van der Waals surface area contributed by atoms with Crippen molar-refractivity contribution in [3.63, 3.8) is 0 Å². The first kappa shape index (κ1) is 10.4. The van der Waals surface area contributed by atoms with Gasteiger partial charge in [0.1, 0.15) is 0 Å². The van der Waals surface area contributed by atoms with Crippen LogP contribution in [0.5, 0.6) is 0 Å². The maximum absolute atomic E-state index is 10.4. The third-order valence-corrected chi connectivity index (χ3v) is 3.76. The summed E-state index contributed by atoms with van der Waals surface area (Å²) in [7, 11) is 0. The highest BCUT2D eigenvalue weighted by atomic mass is 16.5. The molecule has 0 amide bonds. The average molecular weight is 201 g/mol. The maximum atomic E-state index is 10.4. The summed E-state index contributed by atoms with van der Waals surface area (Å²) >= 11 is 0. The zero-order valence-electron chi connectivity index (χ0n) is 8.46. The number of aliphatic hydroxyl groups excluding tert-OH is 1. The molecule has 2 unspecified atom stereocenters. The molecule has 0 bridgehead atoms. The molecule has 2 aliphatic heterocycles. The van der Waals surface area contributed by atoms with Gasteiger partial charge in [0.25, 0.3) is 0 Å². The second kappa shape index (κ2) is 3.77. The van der Waals surface area contributed by atoms with Crippen molar-refractivity contribution in [2.24, 2.45) is 5.41 Å². The largest absolute Gasteiger partial charge is 0.396 e. The molecule has 82 valence electrons. The normalized spacial score (nSPS) is 44.1. The van der Waals surface area contributed by atoms with Crippen molar-refractivity contribution in [3.8, 4) is 0 Å². The number of aliphatic hydroxyl groups is 2. The van der Waals surface area contributed by atoms with E-state index in [1.165, 1.54) is 0 Å². The summed E-state index contributed by atoms with van der Waals surface area (Å²) < 4.78 is 5.25. The predicted molar refractivity (Wildman–Crippen MR) is 52.0 cm³/mol. The summed E-state index contributed by atoms with van der Waals surface area (Å²) in [5, 5.41) is 23.2. The van der Waals surface area contributed by atoms with Crippen LogP contribution < -0.4 is 5.32 Å². The summed E-state index contributed by atoms with van der Waals surface area (Å²) in [4.78, 5) is 0. The van der Waals surface area contributed by atoms with Gasteiger partial charge in [-0.1, -0.05) is 0 Å². The molecular formula is C10H19NO3. The molecule has 4 nitrogen and oxygen atoms in total. The lowest BCUT2D eigenvalue weighted by molar-refractivity contribution is -0.120. The number of nitrogens with one attached hydrogen (secondary N) is 1. The number of piperidine rings is 1. The second-order valence-electron chi connectivity index (χ2n) is 4.55. The molecule has 3 N–H and O–H groups in total. The van der Waals surface area contributed by atoms with E-state index in [-0.39, 0.29) is 12.0 Å². The third-order valence-electron chi connectivity index (χ3n) is 3.76. The van der Waals surface area contributed by atoms with Gasteiger partial charge < -0.3 is 20.3 Å². The van der Waals surface area contributed by atoms with E-state index in [0.717, 1.165) is 19.4 Å². The van der Waals surface area contributed by atoms with E-state index in [1.807, 2.05) is 0 Å². The summed E-state index contributed by atoms with van der Waals surface area (Å²) in [6, 6.07) is 0. The molecule has 2 rings (SSSR count). The molecule has 2 heterocycles. The fourth-order valence-corrected chi connectivity index (χ4v) is 2.62. The van der Waals surface area contributed by atoms with Crippen molar-refractivity contribution < 1.29 is 14.9 Å². The first-order valence-electron chi connectivity index (χ1n) is 5.34. The van der Waals surface area contributed by atoms with Crippen molar-refractivity contribution >= 4 is 0 Å². The second-order valence-corrected chi connectivity index (χ2v) is 4.55. The number of rotatable bonds is 2. The SMILES string of the molecule is OCC1(C2(O)CCOC2)CCCNC1. The topological polar surface area (TPSA) is 61.7 Å². The van der Waals surface area contributed by atoms with Crippen LogP contribution in [0, 0.1) is 5.41 Å². The molecule has 14 heavy (non-hydrogen) atoms. The van der Waals surface area contributed by atoms with Crippen LogP contribution in [0.3, 0.4) is 0 Å². The quantitative estimate of drug-likeness (QED) is 0.563. The number of hydrogen-bond acceptors (Lipinski definition) is 4. The predicted octanol–water partition coefficient (Wildman–Crippen LogP) is -0.500. The first-order chi connectivity index (χ1) is 6.72. The van der Waals surface area contributed by atoms with Crippen LogP contribution in [-0.2, 0) is 4.74 Å². The van der Waals surface area contributed by atoms with Crippen LogP contribution in [0.4, 0.5) is 0 Å². The maximum Gasteiger partial charge on any atom is 0.0991 e. The number of ether oxygens (including phenoxy) is 1. The Balaban J connectivity index is 2.16. The van der Waals surface area contributed by atoms with E-state index < -0.39 is 5.60 Å². The minimum atomic E-state index is -0.824. The Bertz CT molecular complexity index is 196. The molecule has 0 radical (unpaired) electrons. The molecule has 0 aromatic rings. The molecule has 0 saturated carbocycles. The Morgan fingerprint density at radius 3 is 2.71 bits per heavy atom. The van der Waals surface area contributed by atoms with Gasteiger partial charge in [0.15, 0.2) is 0 Å². The van der Waals surface area contributed by atoms with Gasteiger partial charge in [-0.3, -0.25) is 0 Å². The zero-order valence-corrected chi connectivity index (χ0v) is 8.46. The summed E-state index contributed by atoms with van der Waals surface area (Å²) in [5.74, 6) is 0. The van der Waals surface area contributed by atoms with Crippen LogP contribution in [-0.4, -0.2) is 48.7 Å². The van der Waals surface area contributed by atoms with Gasteiger partial charge in [-0.2, -0.15) is 0 Å². The average Bonchev–Trinajstić information content (AvgIpc) is 2.68. The van der Waals surface area contributed by atoms with E-state index in [9.17, 15) is 10.2 Å². The summed E-state index contributed by atoms with van der Waals surface area (Å²) in [6.45, 7) is 2.70. The Labute approximate surface area is 84.3 Å². The van der Waals surface area contributed by atoms with E-state index >= 15 is 0 Å². The van der Waals surface area contributed by atoms with Crippen molar-refractivity contribution in [3.05, 3.63) is 0 Å². The molecular weight excluding hydrogens is 182 g/mol. The smallest absolute Gasteiger partial charge is 0.0991 e.